The van der Waals surface area contributed by atoms with Crippen LogP contribution < -0.4 is 0 Å². The third kappa shape index (κ3) is 34.1. The zero-order valence-electron chi connectivity index (χ0n) is 30.8. The van der Waals surface area contributed by atoms with Crippen LogP contribution in [0.5, 0.6) is 0 Å². The van der Waals surface area contributed by atoms with Gasteiger partial charge in [0.2, 0.25) is 0 Å². The number of unbranched alkanes of at least 4 members (excludes halogenated alkanes) is 10. The van der Waals surface area contributed by atoms with E-state index in [9.17, 15) is 24.2 Å². The number of ether oxygens (including phenoxy) is 2. The van der Waals surface area contributed by atoms with Crippen molar-refractivity contribution in [2.45, 2.75) is 148 Å². The Morgan fingerprint density at radius 1 is 0.620 bits per heavy atom. The molecule has 0 radical (unpaired) electrons. The van der Waals surface area contributed by atoms with Crippen LogP contribution in [-0.4, -0.2) is 65.7 Å². The van der Waals surface area contributed by atoms with Crippen molar-refractivity contribution in [3.63, 3.8) is 0 Å². The number of phosphoric acid groups is 1. The second-order valence-corrected chi connectivity index (χ2v) is 13.7. The van der Waals surface area contributed by atoms with Gasteiger partial charge in [0, 0.05) is 12.8 Å². The van der Waals surface area contributed by atoms with E-state index < -0.39 is 51.8 Å². The van der Waals surface area contributed by atoms with Crippen molar-refractivity contribution in [3.8, 4) is 0 Å². The largest absolute Gasteiger partial charge is 0.472 e. The Balaban J connectivity index is 4.49. The predicted molar refractivity (Wildman–Crippen MR) is 200 cm³/mol. The van der Waals surface area contributed by atoms with Gasteiger partial charge in [-0.05, 0) is 77.0 Å². The van der Waals surface area contributed by atoms with Gasteiger partial charge in [0.1, 0.15) is 12.7 Å². The van der Waals surface area contributed by atoms with Crippen LogP contribution >= 0.6 is 7.82 Å². The first-order valence-corrected chi connectivity index (χ1v) is 20.2. The summed E-state index contributed by atoms with van der Waals surface area (Å²) in [4.78, 5) is 34.8. The minimum atomic E-state index is -4.63. The lowest BCUT2D eigenvalue weighted by atomic mass is 10.1. The molecule has 0 heterocycles. The summed E-state index contributed by atoms with van der Waals surface area (Å²) in [6.45, 7) is 2.15. The average molecular weight is 727 g/mol. The molecule has 288 valence electrons. The molecule has 0 aromatic rings. The monoisotopic (exact) mass is 726 g/mol. The van der Waals surface area contributed by atoms with Gasteiger partial charge in [0.25, 0.3) is 0 Å². The average Bonchev–Trinajstić information content (AvgIpc) is 3.10. The summed E-state index contributed by atoms with van der Waals surface area (Å²) in [5.74, 6) is -0.992. The molecule has 3 atom stereocenters. The molecule has 1 unspecified atom stereocenters. The molecule has 0 saturated carbocycles. The molecular weight excluding hydrogens is 659 g/mol. The van der Waals surface area contributed by atoms with Crippen LogP contribution in [0.25, 0.3) is 0 Å². The van der Waals surface area contributed by atoms with Gasteiger partial charge in [-0.25, -0.2) is 4.57 Å². The number of aliphatic hydroxyl groups excluding tert-OH is 2. The Labute approximate surface area is 302 Å². The molecule has 0 fully saturated rings. The first-order chi connectivity index (χ1) is 24.2. The van der Waals surface area contributed by atoms with Crippen LogP contribution in [0.1, 0.15) is 136 Å². The zero-order chi connectivity index (χ0) is 37.0. The van der Waals surface area contributed by atoms with Crippen LogP contribution in [0.4, 0.5) is 0 Å². The number of allylic oxidation sites excluding steroid dienone is 10. The molecule has 3 N–H and O–H groups in total. The molecule has 0 amide bonds. The fourth-order valence-corrected chi connectivity index (χ4v) is 5.30. The number of carbonyl (C=O) groups is 2. The maximum atomic E-state index is 12.5. The number of carbonyl (C=O) groups excluding carboxylic acids is 2. The molecule has 0 spiro atoms. The number of aliphatic hydroxyl groups is 2. The Morgan fingerprint density at radius 2 is 1.10 bits per heavy atom. The lowest BCUT2D eigenvalue weighted by Gasteiger charge is -2.20. The standard InChI is InChI=1S/C39H67O10P/c1-3-5-7-9-11-13-15-17-18-19-21-23-25-27-29-31-39(43)49-37(35-48-50(44,45)47-33-36(41)32-40)34-46-38(42)30-28-26-24-22-20-16-14-12-10-8-6-4-2/h5,7,11-14,17-18,21,23,36-37,40-41H,3-4,6,8-10,15-16,19-20,22,24-35H2,1-2H3,(H,44,45)/b7-5-,13-11-,14-12-,18-17-,23-21-/t36-,37+/m0/s1. The van der Waals surface area contributed by atoms with Crippen LogP contribution in [-0.2, 0) is 32.7 Å². The first-order valence-electron chi connectivity index (χ1n) is 18.7. The van der Waals surface area contributed by atoms with Gasteiger partial charge in [-0.3, -0.25) is 18.6 Å². The smallest absolute Gasteiger partial charge is 0.462 e. The normalized spacial score (nSPS) is 14.7. The Morgan fingerprint density at radius 3 is 1.72 bits per heavy atom. The van der Waals surface area contributed by atoms with Crippen LogP contribution in [0.3, 0.4) is 0 Å². The molecule has 0 saturated heterocycles. The predicted octanol–water partition coefficient (Wildman–Crippen LogP) is 9.16. The van der Waals surface area contributed by atoms with E-state index in [0.717, 1.165) is 77.0 Å². The summed E-state index contributed by atoms with van der Waals surface area (Å²) in [7, 11) is -4.63. The van der Waals surface area contributed by atoms with Crippen LogP contribution in [0.15, 0.2) is 60.8 Å². The highest BCUT2D eigenvalue weighted by atomic mass is 31.2. The Hall–Kier alpha value is -2.33. The van der Waals surface area contributed by atoms with Crippen molar-refractivity contribution in [1.29, 1.82) is 0 Å². The number of rotatable bonds is 34. The van der Waals surface area contributed by atoms with Crippen molar-refractivity contribution < 1.29 is 47.8 Å². The van der Waals surface area contributed by atoms with Gasteiger partial charge in [0.05, 0.1) is 19.8 Å². The van der Waals surface area contributed by atoms with E-state index >= 15 is 0 Å². The summed E-state index contributed by atoms with van der Waals surface area (Å²) in [6, 6.07) is 0. The molecule has 0 aliphatic rings. The minimum Gasteiger partial charge on any atom is -0.462 e. The highest BCUT2D eigenvalue weighted by Crippen LogP contribution is 2.43. The summed E-state index contributed by atoms with van der Waals surface area (Å²) in [6.07, 6.45) is 36.2. The van der Waals surface area contributed by atoms with Crippen molar-refractivity contribution in [2.24, 2.45) is 0 Å². The van der Waals surface area contributed by atoms with E-state index in [0.29, 0.717) is 12.8 Å². The molecule has 0 aliphatic carbocycles. The van der Waals surface area contributed by atoms with Gasteiger partial charge in [-0.2, -0.15) is 0 Å². The fraction of sp³-hybridized carbons (Fsp3) is 0.692. The maximum absolute atomic E-state index is 12.5. The van der Waals surface area contributed by atoms with E-state index in [-0.39, 0.29) is 19.4 Å². The minimum absolute atomic E-state index is 0.128. The van der Waals surface area contributed by atoms with Crippen LogP contribution in [0, 0.1) is 0 Å². The number of phosphoric ester groups is 1. The van der Waals surface area contributed by atoms with Crippen molar-refractivity contribution in [1.82, 2.24) is 0 Å². The van der Waals surface area contributed by atoms with Crippen molar-refractivity contribution in [2.75, 3.05) is 26.4 Å². The molecule has 0 rings (SSSR count). The quantitative estimate of drug-likeness (QED) is 0.0254. The van der Waals surface area contributed by atoms with Gasteiger partial charge >= 0.3 is 19.8 Å². The van der Waals surface area contributed by atoms with Gasteiger partial charge < -0.3 is 24.6 Å². The fourth-order valence-electron chi connectivity index (χ4n) is 4.51. The summed E-state index contributed by atoms with van der Waals surface area (Å²) < 4.78 is 32.5. The van der Waals surface area contributed by atoms with Gasteiger partial charge in [-0.15, -0.1) is 0 Å². The summed E-state index contributed by atoms with van der Waals surface area (Å²) in [5.41, 5.74) is 0. The zero-order valence-corrected chi connectivity index (χ0v) is 31.7. The number of hydrogen-bond acceptors (Lipinski definition) is 9. The second kappa shape index (κ2) is 35.1. The number of esters is 2. The third-order valence-corrected chi connectivity index (χ3v) is 8.36. The summed E-state index contributed by atoms with van der Waals surface area (Å²) in [5, 5.41) is 18.3. The first kappa shape index (κ1) is 47.7. The number of hydrogen-bond donors (Lipinski definition) is 3. The molecule has 0 aliphatic heterocycles. The maximum Gasteiger partial charge on any atom is 0.472 e. The van der Waals surface area contributed by atoms with Gasteiger partial charge in [0.15, 0.2) is 6.10 Å². The van der Waals surface area contributed by atoms with Crippen molar-refractivity contribution >= 4 is 19.8 Å². The van der Waals surface area contributed by atoms with E-state index in [1.54, 1.807) is 0 Å². The molecule has 11 heteroatoms. The van der Waals surface area contributed by atoms with Crippen LogP contribution in [0.2, 0.25) is 0 Å². The molecule has 0 bridgehead atoms. The lowest BCUT2D eigenvalue weighted by molar-refractivity contribution is -0.161. The van der Waals surface area contributed by atoms with Crippen molar-refractivity contribution in [3.05, 3.63) is 60.8 Å². The Kier molecular flexibility index (Phi) is 33.5. The summed E-state index contributed by atoms with van der Waals surface area (Å²) >= 11 is 0. The van der Waals surface area contributed by atoms with E-state index in [2.05, 4.69) is 79.1 Å². The topological polar surface area (TPSA) is 149 Å². The van der Waals surface area contributed by atoms with E-state index in [1.807, 2.05) is 0 Å². The van der Waals surface area contributed by atoms with Gasteiger partial charge in [-0.1, -0.05) is 107 Å². The molecule has 10 nitrogen and oxygen atoms in total. The molecule has 0 aromatic carbocycles. The molecule has 0 aromatic heterocycles. The SMILES string of the molecule is CC/C=C\C/C=C\C/C=C\C/C=C\CCCCC(=O)O[C@H](COC(=O)CCCCCCC/C=C\CCCCC)COP(=O)(O)OC[C@@H](O)CO. The Bertz CT molecular complexity index is 1020. The molecule has 50 heavy (non-hydrogen) atoms. The van der Waals surface area contributed by atoms with E-state index in [1.165, 1.54) is 19.3 Å². The third-order valence-electron chi connectivity index (χ3n) is 7.41. The highest BCUT2D eigenvalue weighted by Gasteiger charge is 2.27. The highest BCUT2D eigenvalue weighted by molar-refractivity contribution is 7.47. The lowest BCUT2D eigenvalue weighted by Crippen LogP contribution is -2.29. The second-order valence-electron chi connectivity index (χ2n) is 12.2. The molecular formula is C39H67O10P. The van der Waals surface area contributed by atoms with E-state index in [4.69, 9.17) is 19.1 Å².